The van der Waals surface area contributed by atoms with Crippen LogP contribution in [0.5, 0.6) is 5.88 Å². The van der Waals surface area contributed by atoms with Crippen molar-refractivity contribution in [1.29, 1.82) is 0 Å². The lowest BCUT2D eigenvalue weighted by Gasteiger charge is -2.35. The van der Waals surface area contributed by atoms with Gasteiger partial charge in [0.25, 0.3) is 5.91 Å². The lowest BCUT2D eigenvalue weighted by molar-refractivity contribution is 0.0741. The van der Waals surface area contributed by atoms with E-state index in [1.807, 2.05) is 36.9 Å². The Morgan fingerprint density at radius 2 is 2.09 bits per heavy atom. The molecule has 7 nitrogen and oxygen atoms in total. The maximum Gasteiger partial charge on any atom is 0.272 e. The topological polar surface area (TPSA) is 74.3 Å². The molecule has 3 heterocycles. The number of rotatable bonds is 4. The Hall–Kier alpha value is -2.57. The van der Waals surface area contributed by atoms with Gasteiger partial charge in [0.2, 0.25) is 5.88 Å². The average molecular weight is 315 g/mol. The highest BCUT2D eigenvalue weighted by atomic mass is 16.5. The third kappa shape index (κ3) is 3.44. The van der Waals surface area contributed by atoms with Crippen molar-refractivity contribution in [2.24, 2.45) is 0 Å². The molecule has 23 heavy (non-hydrogen) atoms. The molecule has 122 valence electrons. The van der Waals surface area contributed by atoms with E-state index in [1.54, 1.807) is 6.20 Å². The number of ether oxygens (including phenoxy) is 1. The molecule has 1 N–H and O–H groups in total. The Balaban J connectivity index is 1.62. The van der Waals surface area contributed by atoms with Gasteiger partial charge in [-0.05, 0) is 19.9 Å². The summed E-state index contributed by atoms with van der Waals surface area (Å²) in [4.78, 5) is 28.0. The molecule has 0 aromatic carbocycles. The second-order valence-electron chi connectivity index (χ2n) is 5.43. The van der Waals surface area contributed by atoms with Crippen molar-refractivity contribution in [2.75, 3.05) is 37.7 Å². The Morgan fingerprint density at radius 3 is 2.74 bits per heavy atom. The van der Waals surface area contributed by atoms with E-state index in [9.17, 15) is 4.79 Å². The Bertz CT molecular complexity index is 677. The molecule has 1 amide bonds. The number of H-pyrrole nitrogens is 1. The first-order valence-electron chi connectivity index (χ1n) is 7.83. The number of carbonyl (C=O) groups excluding carboxylic acids is 1. The summed E-state index contributed by atoms with van der Waals surface area (Å²) < 4.78 is 5.44. The zero-order chi connectivity index (χ0) is 16.2. The van der Waals surface area contributed by atoms with Gasteiger partial charge in [0.15, 0.2) is 0 Å². The highest BCUT2D eigenvalue weighted by molar-refractivity contribution is 5.92. The second-order valence-corrected chi connectivity index (χ2v) is 5.43. The third-order valence-electron chi connectivity index (χ3n) is 3.83. The van der Waals surface area contributed by atoms with Gasteiger partial charge in [0.1, 0.15) is 17.3 Å². The first-order chi connectivity index (χ1) is 11.2. The fourth-order valence-corrected chi connectivity index (χ4v) is 2.65. The maximum atomic E-state index is 12.4. The van der Waals surface area contributed by atoms with Crippen LogP contribution >= 0.6 is 0 Å². The number of carbonyl (C=O) groups is 1. The molecule has 0 atom stereocenters. The van der Waals surface area contributed by atoms with Crippen molar-refractivity contribution in [3.63, 3.8) is 0 Å². The molecule has 1 aliphatic rings. The van der Waals surface area contributed by atoms with E-state index >= 15 is 0 Å². The Labute approximate surface area is 135 Å². The molecule has 0 spiro atoms. The average Bonchev–Trinajstić information content (AvgIpc) is 3.01. The number of nitrogens with zero attached hydrogens (tertiary/aromatic N) is 4. The van der Waals surface area contributed by atoms with Crippen LogP contribution in [-0.2, 0) is 0 Å². The minimum absolute atomic E-state index is 0.00118. The molecular formula is C16H21N5O2. The molecule has 0 saturated carbocycles. The molecular weight excluding hydrogens is 294 g/mol. The number of piperazine rings is 1. The molecule has 0 unspecified atom stereocenters. The first kappa shape index (κ1) is 15.3. The van der Waals surface area contributed by atoms with Crippen LogP contribution in [0.1, 0.15) is 23.2 Å². The molecule has 1 fully saturated rings. The lowest BCUT2D eigenvalue weighted by atomic mass is 10.2. The number of nitrogens with one attached hydrogen (secondary N) is 1. The van der Waals surface area contributed by atoms with Crippen LogP contribution in [0.15, 0.2) is 24.4 Å². The quantitative estimate of drug-likeness (QED) is 0.925. The van der Waals surface area contributed by atoms with Crippen LogP contribution in [-0.4, -0.2) is 58.5 Å². The summed E-state index contributed by atoms with van der Waals surface area (Å²) in [6.07, 6.45) is 1.59. The van der Waals surface area contributed by atoms with Crippen LogP contribution in [0.4, 0.5) is 5.82 Å². The van der Waals surface area contributed by atoms with Crippen LogP contribution in [0, 0.1) is 6.92 Å². The molecule has 1 aliphatic heterocycles. The van der Waals surface area contributed by atoms with Crippen molar-refractivity contribution >= 4 is 11.7 Å². The standard InChI is InChI=1S/C16H21N5O2/c1-3-23-15-6-4-5-14(19-15)20-7-9-21(10-8-20)16(22)13-11-17-12(2)18-13/h4-6,11H,3,7-10H2,1-2H3,(H,17,18). The van der Waals surface area contributed by atoms with E-state index in [2.05, 4.69) is 19.9 Å². The highest BCUT2D eigenvalue weighted by Gasteiger charge is 2.24. The van der Waals surface area contributed by atoms with Crippen molar-refractivity contribution in [3.05, 3.63) is 35.9 Å². The van der Waals surface area contributed by atoms with Gasteiger partial charge in [-0.15, -0.1) is 0 Å². The summed E-state index contributed by atoms with van der Waals surface area (Å²) >= 11 is 0. The largest absolute Gasteiger partial charge is 0.478 e. The van der Waals surface area contributed by atoms with Crippen LogP contribution in [0.3, 0.4) is 0 Å². The number of aromatic nitrogens is 3. The van der Waals surface area contributed by atoms with E-state index in [0.717, 1.165) is 24.7 Å². The minimum atomic E-state index is 0.00118. The van der Waals surface area contributed by atoms with Gasteiger partial charge in [-0.3, -0.25) is 4.79 Å². The van der Waals surface area contributed by atoms with Crippen molar-refractivity contribution in [2.45, 2.75) is 13.8 Å². The third-order valence-corrected chi connectivity index (χ3v) is 3.83. The fourth-order valence-electron chi connectivity index (χ4n) is 2.65. The summed E-state index contributed by atoms with van der Waals surface area (Å²) in [7, 11) is 0. The summed E-state index contributed by atoms with van der Waals surface area (Å²) in [6, 6.07) is 5.77. The SMILES string of the molecule is CCOc1cccc(N2CCN(C(=O)c3cnc(C)[nH]3)CC2)n1. The van der Waals surface area contributed by atoms with Gasteiger partial charge in [-0.1, -0.05) is 6.07 Å². The maximum absolute atomic E-state index is 12.4. The first-order valence-corrected chi connectivity index (χ1v) is 7.83. The molecule has 2 aromatic heterocycles. The van der Waals surface area contributed by atoms with Crippen molar-refractivity contribution in [3.8, 4) is 5.88 Å². The fraction of sp³-hybridized carbons (Fsp3) is 0.438. The zero-order valence-corrected chi connectivity index (χ0v) is 13.5. The predicted octanol–water partition coefficient (Wildman–Crippen LogP) is 1.47. The summed E-state index contributed by atoms with van der Waals surface area (Å²) in [5.74, 6) is 2.28. The van der Waals surface area contributed by atoms with E-state index < -0.39 is 0 Å². The summed E-state index contributed by atoms with van der Waals surface area (Å²) in [6.45, 7) is 7.21. The van der Waals surface area contributed by atoms with Gasteiger partial charge in [0.05, 0.1) is 12.8 Å². The summed E-state index contributed by atoms with van der Waals surface area (Å²) in [5.41, 5.74) is 0.549. The van der Waals surface area contributed by atoms with Crippen LogP contribution in [0.2, 0.25) is 0 Å². The van der Waals surface area contributed by atoms with Gasteiger partial charge in [-0.2, -0.15) is 4.98 Å². The second kappa shape index (κ2) is 6.68. The highest BCUT2D eigenvalue weighted by Crippen LogP contribution is 2.18. The molecule has 3 rings (SSSR count). The number of anilines is 1. The number of aromatic amines is 1. The summed E-state index contributed by atoms with van der Waals surface area (Å²) in [5, 5.41) is 0. The molecule has 1 saturated heterocycles. The van der Waals surface area contributed by atoms with E-state index in [4.69, 9.17) is 4.74 Å². The van der Waals surface area contributed by atoms with Gasteiger partial charge in [0, 0.05) is 32.2 Å². The predicted molar refractivity (Wildman–Crippen MR) is 86.8 cm³/mol. The number of aryl methyl sites for hydroxylation is 1. The molecule has 2 aromatic rings. The monoisotopic (exact) mass is 315 g/mol. The van der Waals surface area contributed by atoms with Gasteiger partial charge in [-0.25, -0.2) is 4.98 Å². The smallest absolute Gasteiger partial charge is 0.272 e. The number of amides is 1. The molecule has 0 bridgehead atoms. The minimum Gasteiger partial charge on any atom is -0.478 e. The van der Waals surface area contributed by atoms with E-state index in [1.165, 1.54) is 0 Å². The van der Waals surface area contributed by atoms with E-state index in [0.29, 0.717) is 31.3 Å². The number of hydrogen-bond acceptors (Lipinski definition) is 5. The van der Waals surface area contributed by atoms with E-state index in [-0.39, 0.29) is 5.91 Å². The Morgan fingerprint density at radius 1 is 1.30 bits per heavy atom. The number of pyridine rings is 1. The van der Waals surface area contributed by atoms with Crippen molar-refractivity contribution in [1.82, 2.24) is 19.9 Å². The zero-order valence-electron chi connectivity index (χ0n) is 13.5. The normalized spacial score (nSPS) is 14.9. The number of imidazole rings is 1. The number of hydrogen-bond donors (Lipinski definition) is 1. The van der Waals surface area contributed by atoms with Gasteiger partial charge < -0.3 is 19.5 Å². The Kier molecular flexibility index (Phi) is 4.45. The molecule has 0 aliphatic carbocycles. The van der Waals surface area contributed by atoms with Crippen LogP contribution < -0.4 is 9.64 Å². The lowest BCUT2D eigenvalue weighted by Crippen LogP contribution is -2.49. The molecule has 0 radical (unpaired) electrons. The molecule has 7 heteroatoms. The van der Waals surface area contributed by atoms with Crippen LogP contribution in [0.25, 0.3) is 0 Å². The van der Waals surface area contributed by atoms with Crippen molar-refractivity contribution < 1.29 is 9.53 Å². The van der Waals surface area contributed by atoms with Gasteiger partial charge >= 0.3 is 0 Å².